The molecule has 0 bridgehead atoms. The molecule has 0 saturated heterocycles. The molecule has 62 valence electrons. The van der Waals surface area contributed by atoms with Gasteiger partial charge in [0.05, 0.1) is 6.33 Å². The summed E-state index contributed by atoms with van der Waals surface area (Å²) < 4.78 is 2.01. The molecule has 1 aromatic heterocycles. The first kappa shape index (κ1) is 8.31. The summed E-state index contributed by atoms with van der Waals surface area (Å²) in [7, 11) is 0. The number of imidazole rings is 1. The topological polar surface area (TPSA) is 17.8 Å². The standard InChI is InChI=1S/C5H8N2.C4H8/c1-2-7-4-3-6-5-7;1-4-2-3-4/h3-5H,2H2,1H3;4H,2-3H2,1H3. The van der Waals surface area contributed by atoms with Crippen molar-refractivity contribution in [1.82, 2.24) is 9.55 Å². The average molecular weight is 152 g/mol. The Kier molecular flexibility index (Phi) is 3.14. The molecule has 11 heavy (non-hydrogen) atoms. The first-order chi connectivity index (χ1) is 5.33. The number of hydrogen-bond donors (Lipinski definition) is 0. The Labute approximate surface area is 68.3 Å². The number of nitrogens with zero attached hydrogens (tertiary/aromatic N) is 2. The molecular formula is C9H16N2. The molecule has 1 aromatic rings. The molecule has 0 aromatic carbocycles. The van der Waals surface area contributed by atoms with Gasteiger partial charge in [-0.2, -0.15) is 0 Å². The summed E-state index contributed by atoms with van der Waals surface area (Å²) in [5.41, 5.74) is 0. The summed E-state index contributed by atoms with van der Waals surface area (Å²) in [6, 6.07) is 0. The van der Waals surface area contributed by atoms with Crippen LogP contribution in [0, 0.1) is 5.92 Å². The van der Waals surface area contributed by atoms with Crippen LogP contribution in [-0.2, 0) is 6.54 Å². The van der Waals surface area contributed by atoms with Crippen molar-refractivity contribution < 1.29 is 0 Å². The van der Waals surface area contributed by atoms with E-state index in [0.29, 0.717) is 0 Å². The summed E-state index contributed by atoms with van der Waals surface area (Å²) in [5, 5.41) is 0. The van der Waals surface area contributed by atoms with Gasteiger partial charge in [-0.25, -0.2) is 4.98 Å². The molecular weight excluding hydrogens is 136 g/mol. The van der Waals surface area contributed by atoms with E-state index in [1.165, 1.54) is 12.8 Å². The normalized spacial score (nSPS) is 15.5. The molecule has 2 rings (SSSR count). The lowest BCUT2D eigenvalue weighted by Crippen LogP contribution is -1.85. The zero-order valence-corrected chi connectivity index (χ0v) is 7.33. The molecule has 0 amide bonds. The first-order valence-electron chi connectivity index (χ1n) is 4.28. The quantitative estimate of drug-likeness (QED) is 0.604. The molecule has 1 saturated carbocycles. The van der Waals surface area contributed by atoms with Crippen molar-refractivity contribution in [3.63, 3.8) is 0 Å². The third kappa shape index (κ3) is 3.81. The van der Waals surface area contributed by atoms with Crippen molar-refractivity contribution in [2.75, 3.05) is 0 Å². The van der Waals surface area contributed by atoms with Gasteiger partial charge in [-0.15, -0.1) is 0 Å². The number of rotatable bonds is 1. The molecule has 1 fully saturated rings. The first-order valence-corrected chi connectivity index (χ1v) is 4.28. The minimum Gasteiger partial charge on any atom is -0.338 e. The molecule has 0 radical (unpaired) electrons. The van der Waals surface area contributed by atoms with Crippen molar-refractivity contribution in [3.8, 4) is 0 Å². The second-order valence-electron chi connectivity index (χ2n) is 3.08. The summed E-state index contributed by atoms with van der Waals surface area (Å²) in [6.07, 6.45) is 8.50. The number of hydrogen-bond acceptors (Lipinski definition) is 1. The molecule has 1 heterocycles. The van der Waals surface area contributed by atoms with Crippen LogP contribution in [0.3, 0.4) is 0 Å². The Morgan fingerprint density at radius 3 is 2.36 bits per heavy atom. The predicted molar refractivity (Wildman–Crippen MR) is 46.3 cm³/mol. The molecule has 1 aliphatic carbocycles. The number of aryl methyl sites for hydroxylation is 1. The fourth-order valence-electron chi connectivity index (χ4n) is 0.640. The third-order valence-electron chi connectivity index (χ3n) is 1.79. The molecule has 0 atom stereocenters. The highest BCUT2D eigenvalue weighted by Crippen LogP contribution is 2.26. The van der Waals surface area contributed by atoms with E-state index in [4.69, 9.17) is 0 Å². The molecule has 0 N–H and O–H groups in total. The van der Waals surface area contributed by atoms with E-state index < -0.39 is 0 Å². The van der Waals surface area contributed by atoms with E-state index in [0.717, 1.165) is 12.5 Å². The van der Waals surface area contributed by atoms with E-state index in [1.54, 1.807) is 12.5 Å². The van der Waals surface area contributed by atoms with Crippen molar-refractivity contribution in [2.24, 2.45) is 5.92 Å². The lowest BCUT2D eigenvalue weighted by atomic mass is 10.5. The second-order valence-corrected chi connectivity index (χ2v) is 3.08. The summed E-state index contributed by atoms with van der Waals surface area (Å²) in [6.45, 7) is 5.38. The average Bonchev–Trinajstić information content (AvgIpc) is 2.66. The Hall–Kier alpha value is -0.790. The van der Waals surface area contributed by atoms with E-state index in [-0.39, 0.29) is 0 Å². The SMILES string of the molecule is CC1CC1.CCn1ccnc1. The minimum absolute atomic E-state index is 1.01. The third-order valence-corrected chi connectivity index (χ3v) is 1.79. The Morgan fingerprint density at radius 1 is 1.55 bits per heavy atom. The predicted octanol–water partition coefficient (Wildman–Crippen LogP) is 2.32. The van der Waals surface area contributed by atoms with Crippen LogP contribution < -0.4 is 0 Å². The lowest BCUT2D eigenvalue weighted by Gasteiger charge is -1.87. The Bertz CT molecular complexity index is 175. The summed E-state index contributed by atoms with van der Waals surface area (Å²) in [5.74, 6) is 1.08. The fraction of sp³-hybridized carbons (Fsp3) is 0.667. The van der Waals surface area contributed by atoms with Gasteiger partial charge in [-0.05, 0) is 12.8 Å². The maximum Gasteiger partial charge on any atom is 0.0945 e. The van der Waals surface area contributed by atoms with Crippen LogP contribution in [-0.4, -0.2) is 9.55 Å². The monoisotopic (exact) mass is 152 g/mol. The lowest BCUT2D eigenvalue weighted by molar-refractivity contribution is 0.761. The van der Waals surface area contributed by atoms with Gasteiger partial charge in [-0.1, -0.05) is 19.8 Å². The van der Waals surface area contributed by atoms with Crippen LogP contribution in [0.1, 0.15) is 26.7 Å². The van der Waals surface area contributed by atoms with Crippen LogP contribution in [0.5, 0.6) is 0 Å². The van der Waals surface area contributed by atoms with Gasteiger partial charge in [0, 0.05) is 18.9 Å². The van der Waals surface area contributed by atoms with Gasteiger partial charge in [0.2, 0.25) is 0 Å². The smallest absolute Gasteiger partial charge is 0.0945 e. The van der Waals surface area contributed by atoms with Crippen LogP contribution in [0.2, 0.25) is 0 Å². The van der Waals surface area contributed by atoms with Gasteiger partial charge >= 0.3 is 0 Å². The molecule has 2 heteroatoms. The van der Waals surface area contributed by atoms with Gasteiger partial charge in [0.1, 0.15) is 0 Å². The van der Waals surface area contributed by atoms with Crippen molar-refractivity contribution in [2.45, 2.75) is 33.2 Å². The summed E-state index contributed by atoms with van der Waals surface area (Å²) in [4.78, 5) is 3.86. The maximum absolute atomic E-state index is 3.86. The van der Waals surface area contributed by atoms with E-state index >= 15 is 0 Å². The highest BCUT2D eigenvalue weighted by atomic mass is 15.0. The fourth-order valence-corrected chi connectivity index (χ4v) is 0.640. The van der Waals surface area contributed by atoms with Crippen molar-refractivity contribution in [3.05, 3.63) is 18.7 Å². The molecule has 0 spiro atoms. The van der Waals surface area contributed by atoms with Crippen LogP contribution in [0.25, 0.3) is 0 Å². The highest BCUT2D eigenvalue weighted by Gasteiger charge is 2.12. The highest BCUT2D eigenvalue weighted by molar-refractivity contribution is 4.72. The minimum atomic E-state index is 1.01. The maximum atomic E-state index is 3.86. The van der Waals surface area contributed by atoms with E-state index in [1.807, 2.05) is 10.8 Å². The van der Waals surface area contributed by atoms with Crippen molar-refractivity contribution >= 4 is 0 Å². The number of aromatic nitrogens is 2. The molecule has 0 aliphatic heterocycles. The van der Waals surface area contributed by atoms with Crippen molar-refractivity contribution in [1.29, 1.82) is 0 Å². The largest absolute Gasteiger partial charge is 0.338 e. The van der Waals surface area contributed by atoms with Crippen LogP contribution in [0.15, 0.2) is 18.7 Å². The second kappa shape index (κ2) is 4.16. The zero-order chi connectivity index (χ0) is 8.10. The van der Waals surface area contributed by atoms with E-state index in [2.05, 4.69) is 18.8 Å². The van der Waals surface area contributed by atoms with E-state index in [9.17, 15) is 0 Å². The molecule has 0 unspecified atom stereocenters. The van der Waals surface area contributed by atoms with Crippen LogP contribution >= 0.6 is 0 Å². The zero-order valence-electron chi connectivity index (χ0n) is 7.33. The van der Waals surface area contributed by atoms with Crippen LogP contribution in [0.4, 0.5) is 0 Å². The van der Waals surface area contributed by atoms with Gasteiger partial charge in [-0.3, -0.25) is 0 Å². The van der Waals surface area contributed by atoms with Gasteiger partial charge in [0.25, 0.3) is 0 Å². The van der Waals surface area contributed by atoms with Gasteiger partial charge in [0.15, 0.2) is 0 Å². The Morgan fingerprint density at radius 2 is 2.18 bits per heavy atom. The molecule has 2 nitrogen and oxygen atoms in total. The summed E-state index contributed by atoms with van der Waals surface area (Å²) >= 11 is 0. The molecule has 1 aliphatic rings. The van der Waals surface area contributed by atoms with Gasteiger partial charge < -0.3 is 4.57 Å². The Balaban J connectivity index is 0.000000128.